The van der Waals surface area contributed by atoms with Crippen molar-refractivity contribution in [3.05, 3.63) is 63.6 Å². The number of aliphatic hydroxyl groups excluding tert-OH is 1. The molecule has 2 aromatic rings. The molecule has 1 amide bonds. The first-order chi connectivity index (χ1) is 15.7. The summed E-state index contributed by atoms with van der Waals surface area (Å²) in [7, 11) is 1.45. The van der Waals surface area contributed by atoms with Crippen LogP contribution in [0.4, 0.5) is 0 Å². The summed E-state index contributed by atoms with van der Waals surface area (Å²) < 4.78 is 12.0. The summed E-state index contributed by atoms with van der Waals surface area (Å²) in [6.45, 7) is 4.26. The van der Waals surface area contributed by atoms with Crippen LogP contribution in [0.1, 0.15) is 43.0 Å². The van der Waals surface area contributed by atoms with Gasteiger partial charge in [-0.1, -0.05) is 28.1 Å². The Labute approximate surface area is 203 Å². The van der Waals surface area contributed by atoms with E-state index in [9.17, 15) is 15.2 Å². The number of aliphatic hydroxyl groups is 1. The van der Waals surface area contributed by atoms with Gasteiger partial charge in [0.05, 0.1) is 23.8 Å². The van der Waals surface area contributed by atoms with E-state index in [4.69, 9.17) is 9.47 Å². The molecule has 0 spiro atoms. The lowest BCUT2D eigenvalue weighted by Crippen LogP contribution is -2.50. The molecular formula is C25H30BrN3O4. The van der Waals surface area contributed by atoms with Gasteiger partial charge in [0.2, 0.25) is 5.91 Å². The number of carbonyl (C=O) groups is 1. The van der Waals surface area contributed by atoms with Crippen LogP contribution in [0.3, 0.4) is 0 Å². The minimum absolute atomic E-state index is 0.0202. The number of benzene rings is 2. The zero-order valence-corrected chi connectivity index (χ0v) is 20.7. The van der Waals surface area contributed by atoms with Gasteiger partial charge in [-0.25, -0.2) is 0 Å². The highest BCUT2D eigenvalue weighted by Gasteiger charge is 2.34. The third kappa shape index (κ3) is 7.02. The van der Waals surface area contributed by atoms with Crippen molar-refractivity contribution >= 4 is 21.8 Å². The van der Waals surface area contributed by atoms with Crippen LogP contribution >= 0.6 is 15.9 Å². The third-order valence-corrected chi connectivity index (χ3v) is 6.09. The second-order valence-electron chi connectivity index (χ2n) is 8.90. The molecule has 7 nitrogen and oxygen atoms in total. The first-order valence-corrected chi connectivity index (χ1v) is 11.7. The van der Waals surface area contributed by atoms with Gasteiger partial charge >= 0.3 is 0 Å². The Kier molecular flexibility index (Phi) is 8.49. The second kappa shape index (κ2) is 11.1. The summed E-state index contributed by atoms with van der Waals surface area (Å²) in [6, 6.07) is 14.6. The van der Waals surface area contributed by atoms with Gasteiger partial charge in [-0.05, 0) is 56.2 Å². The molecule has 0 radical (unpaired) electrons. The topological polar surface area (TPSA) is 104 Å². The lowest BCUT2D eigenvalue weighted by molar-refractivity contribution is -0.126. The van der Waals surface area contributed by atoms with Crippen molar-refractivity contribution in [1.82, 2.24) is 10.6 Å². The molecule has 8 heteroatoms. The van der Waals surface area contributed by atoms with Crippen LogP contribution in [-0.4, -0.2) is 49.0 Å². The van der Waals surface area contributed by atoms with Gasteiger partial charge in [0.15, 0.2) is 0 Å². The summed E-state index contributed by atoms with van der Waals surface area (Å²) in [6.07, 6.45) is 0.252. The van der Waals surface area contributed by atoms with E-state index in [2.05, 4.69) is 32.6 Å². The number of halogens is 1. The Bertz CT molecular complexity index is 1020. The number of fused-ring (bicyclic) bond motifs is 1. The molecule has 2 aromatic carbocycles. The molecule has 3 N–H and O–H groups in total. The molecule has 0 aromatic heterocycles. The van der Waals surface area contributed by atoms with E-state index in [0.29, 0.717) is 12.0 Å². The molecule has 1 aliphatic heterocycles. The highest BCUT2D eigenvalue weighted by atomic mass is 79.9. The normalized spacial score (nSPS) is 18.4. The molecule has 0 saturated heterocycles. The van der Waals surface area contributed by atoms with Crippen LogP contribution in [0.25, 0.3) is 0 Å². The average molecular weight is 516 g/mol. The molecule has 1 aliphatic rings. The first-order valence-electron chi connectivity index (χ1n) is 10.9. The van der Waals surface area contributed by atoms with E-state index < -0.39 is 12.1 Å². The summed E-state index contributed by atoms with van der Waals surface area (Å²) in [5, 5.41) is 26.6. The van der Waals surface area contributed by atoms with Crippen molar-refractivity contribution in [2.45, 2.75) is 50.5 Å². The van der Waals surface area contributed by atoms with Crippen molar-refractivity contribution in [2.24, 2.45) is 0 Å². The van der Waals surface area contributed by atoms with Crippen molar-refractivity contribution in [2.75, 3.05) is 20.3 Å². The van der Waals surface area contributed by atoms with Gasteiger partial charge in [-0.15, -0.1) is 0 Å². The van der Waals surface area contributed by atoms with Gasteiger partial charge in [0.25, 0.3) is 0 Å². The number of nitriles is 1. The first kappa shape index (κ1) is 25.2. The van der Waals surface area contributed by atoms with Crippen molar-refractivity contribution < 1.29 is 19.4 Å². The zero-order valence-electron chi connectivity index (χ0n) is 19.1. The van der Waals surface area contributed by atoms with Gasteiger partial charge < -0.3 is 25.2 Å². The van der Waals surface area contributed by atoms with Gasteiger partial charge in [0.1, 0.15) is 18.0 Å². The third-order valence-electron chi connectivity index (χ3n) is 5.60. The average Bonchev–Trinajstić information content (AvgIpc) is 2.77. The van der Waals surface area contributed by atoms with Crippen molar-refractivity contribution in [3.63, 3.8) is 0 Å². The Hall–Kier alpha value is -2.44. The number of rotatable bonds is 9. The predicted octanol–water partition coefficient (Wildman–Crippen LogP) is 3.25. The number of hydrogen-bond acceptors (Lipinski definition) is 6. The van der Waals surface area contributed by atoms with E-state index in [1.165, 1.54) is 7.11 Å². The molecule has 0 fully saturated rings. The summed E-state index contributed by atoms with van der Waals surface area (Å²) in [5.74, 6) is 0.513. The summed E-state index contributed by atoms with van der Waals surface area (Å²) in [4.78, 5) is 12.2. The largest absolute Gasteiger partial charge is 0.487 e. The van der Waals surface area contributed by atoms with E-state index in [1.54, 1.807) is 18.2 Å². The Balaban J connectivity index is 1.74. The van der Waals surface area contributed by atoms with Gasteiger partial charge in [-0.3, -0.25) is 4.79 Å². The maximum atomic E-state index is 12.2. The highest BCUT2D eigenvalue weighted by molar-refractivity contribution is 9.10. The van der Waals surface area contributed by atoms with Crippen LogP contribution < -0.4 is 15.4 Å². The number of methoxy groups -OCH3 is 1. The molecule has 33 heavy (non-hydrogen) atoms. The fourth-order valence-electron chi connectivity index (χ4n) is 4.10. The zero-order chi connectivity index (χ0) is 24.0. The number of amides is 1. The number of ether oxygens (including phenoxy) is 2. The van der Waals surface area contributed by atoms with Gasteiger partial charge in [0, 0.05) is 36.2 Å². The van der Waals surface area contributed by atoms with Gasteiger partial charge in [-0.2, -0.15) is 5.26 Å². The fraction of sp³-hybridized carbons (Fsp3) is 0.440. The van der Waals surface area contributed by atoms with E-state index >= 15 is 0 Å². The Morgan fingerprint density at radius 1 is 1.36 bits per heavy atom. The number of hydrogen-bond donors (Lipinski definition) is 3. The van der Waals surface area contributed by atoms with Crippen LogP contribution in [0.2, 0.25) is 0 Å². The fourth-order valence-corrected chi connectivity index (χ4v) is 4.48. The number of carbonyl (C=O) groups excluding carboxylic acids is 1. The van der Waals surface area contributed by atoms with Crippen LogP contribution in [0.15, 0.2) is 46.9 Å². The molecular weight excluding hydrogens is 486 g/mol. The molecule has 176 valence electrons. The molecule has 0 unspecified atom stereocenters. The second-order valence-corrected chi connectivity index (χ2v) is 9.82. The van der Waals surface area contributed by atoms with Crippen LogP contribution in [0, 0.1) is 11.3 Å². The van der Waals surface area contributed by atoms with E-state index in [-0.39, 0.29) is 30.7 Å². The summed E-state index contributed by atoms with van der Waals surface area (Å²) in [5.41, 5.74) is 2.07. The lowest BCUT2D eigenvalue weighted by atomic mass is 9.89. The Morgan fingerprint density at radius 3 is 2.88 bits per heavy atom. The molecule has 0 aliphatic carbocycles. The van der Waals surface area contributed by atoms with Crippen LogP contribution in [-0.2, 0) is 16.0 Å². The van der Waals surface area contributed by atoms with Crippen molar-refractivity contribution in [1.29, 1.82) is 5.26 Å². The minimum Gasteiger partial charge on any atom is -0.487 e. The lowest BCUT2D eigenvalue weighted by Gasteiger charge is -2.38. The maximum absolute atomic E-state index is 12.2. The standard InChI is InChI=1S/C25H30BrN3O4/c1-25(2)12-21(19-11-18(26)7-8-23(19)33-25)28-14-22(30)20(29-24(31)15-32-3)10-16-5-4-6-17(9-16)13-27/h4-9,11,20-22,28,30H,10,12,14-15H2,1-3H3,(H,29,31)/t20-,21-,22-/m0/s1. The highest BCUT2D eigenvalue weighted by Crippen LogP contribution is 2.40. The molecule has 0 bridgehead atoms. The number of nitrogens with one attached hydrogen (secondary N) is 2. The minimum atomic E-state index is -0.863. The molecule has 3 atom stereocenters. The molecule has 0 saturated carbocycles. The quantitative estimate of drug-likeness (QED) is 0.473. The van der Waals surface area contributed by atoms with Crippen molar-refractivity contribution in [3.8, 4) is 11.8 Å². The maximum Gasteiger partial charge on any atom is 0.246 e. The molecule has 1 heterocycles. The predicted molar refractivity (Wildman–Crippen MR) is 129 cm³/mol. The number of nitrogens with zero attached hydrogens (tertiary/aromatic N) is 1. The summed E-state index contributed by atoms with van der Waals surface area (Å²) >= 11 is 3.53. The molecule has 3 rings (SSSR count). The smallest absolute Gasteiger partial charge is 0.246 e. The van der Waals surface area contributed by atoms with Crippen LogP contribution in [0.5, 0.6) is 5.75 Å². The van der Waals surface area contributed by atoms with E-state index in [1.807, 2.05) is 38.1 Å². The Morgan fingerprint density at radius 2 is 2.15 bits per heavy atom. The van der Waals surface area contributed by atoms with E-state index in [0.717, 1.165) is 27.8 Å². The monoisotopic (exact) mass is 515 g/mol. The SMILES string of the molecule is COCC(=O)N[C@@H](Cc1cccc(C#N)c1)[C@@H](O)CN[C@H]1CC(C)(C)Oc2ccc(Br)cc21.